The van der Waals surface area contributed by atoms with Crippen LogP contribution in [0.4, 0.5) is 0 Å². The Kier molecular flexibility index (Phi) is 7.25. The molecule has 5 heteroatoms. The van der Waals surface area contributed by atoms with Crippen molar-refractivity contribution in [3.8, 4) is 0 Å². The lowest BCUT2D eigenvalue weighted by Gasteiger charge is -2.31. The van der Waals surface area contributed by atoms with E-state index in [9.17, 15) is 9.59 Å². The number of piperidine rings is 1. The summed E-state index contributed by atoms with van der Waals surface area (Å²) in [6.07, 6.45) is 2.31. The second-order valence-electron chi connectivity index (χ2n) is 6.34. The molecule has 0 spiro atoms. The van der Waals surface area contributed by atoms with Crippen molar-refractivity contribution in [3.05, 3.63) is 35.9 Å². The predicted octanol–water partition coefficient (Wildman–Crippen LogP) is 2.53. The Bertz CT molecular complexity index is 533. The number of rotatable bonds is 7. The maximum absolute atomic E-state index is 12.2. The van der Waals surface area contributed by atoms with E-state index in [-0.39, 0.29) is 23.8 Å². The van der Waals surface area contributed by atoms with Crippen LogP contribution < -0.4 is 5.32 Å². The molecule has 1 heterocycles. The van der Waals surface area contributed by atoms with Gasteiger partial charge in [0.25, 0.3) is 0 Å². The topological polar surface area (TPSA) is 58.6 Å². The Morgan fingerprint density at radius 2 is 2.08 bits per heavy atom. The lowest BCUT2D eigenvalue weighted by Crippen LogP contribution is -2.41. The van der Waals surface area contributed by atoms with Gasteiger partial charge in [-0.05, 0) is 38.8 Å². The molecule has 1 saturated heterocycles. The van der Waals surface area contributed by atoms with Crippen molar-refractivity contribution in [2.24, 2.45) is 5.92 Å². The zero-order valence-corrected chi connectivity index (χ0v) is 14.7. The van der Waals surface area contributed by atoms with Gasteiger partial charge in [0.2, 0.25) is 5.91 Å². The normalized spacial score (nSPS) is 19.5. The number of nitrogens with zero attached hydrogens (tertiary/aromatic N) is 1. The number of hydrogen-bond acceptors (Lipinski definition) is 4. The molecule has 2 rings (SSSR count). The van der Waals surface area contributed by atoms with Crippen LogP contribution in [0.3, 0.4) is 0 Å². The lowest BCUT2D eigenvalue weighted by atomic mass is 9.98. The van der Waals surface area contributed by atoms with E-state index in [1.807, 2.05) is 44.2 Å². The second-order valence-corrected chi connectivity index (χ2v) is 6.34. The van der Waals surface area contributed by atoms with Crippen molar-refractivity contribution in [2.75, 3.05) is 26.2 Å². The van der Waals surface area contributed by atoms with Crippen LogP contribution >= 0.6 is 0 Å². The van der Waals surface area contributed by atoms with Gasteiger partial charge in [-0.15, -0.1) is 0 Å². The standard InChI is InChI=1S/C19H28N2O3/c1-3-24-19(23)17-10-7-12-21(14-17)13-11-18(22)20-15(2)16-8-5-4-6-9-16/h4-6,8-9,15,17H,3,7,10-14H2,1-2H3,(H,20,22). The number of carbonyl (C=O) groups is 2. The fourth-order valence-electron chi connectivity index (χ4n) is 3.11. The number of carbonyl (C=O) groups excluding carboxylic acids is 2. The van der Waals surface area contributed by atoms with Gasteiger partial charge in [-0.1, -0.05) is 30.3 Å². The zero-order valence-electron chi connectivity index (χ0n) is 14.7. The number of hydrogen-bond donors (Lipinski definition) is 1. The number of ether oxygens (including phenoxy) is 1. The average Bonchev–Trinajstić information content (AvgIpc) is 2.61. The van der Waals surface area contributed by atoms with E-state index >= 15 is 0 Å². The minimum atomic E-state index is -0.107. The molecule has 0 saturated carbocycles. The Balaban J connectivity index is 1.74. The van der Waals surface area contributed by atoms with Crippen LogP contribution in [0.1, 0.15) is 44.7 Å². The Morgan fingerprint density at radius 3 is 2.79 bits per heavy atom. The summed E-state index contributed by atoms with van der Waals surface area (Å²) >= 11 is 0. The van der Waals surface area contributed by atoms with Crippen LogP contribution in [-0.2, 0) is 14.3 Å². The van der Waals surface area contributed by atoms with Gasteiger partial charge in [-0.25, -0.2) is 0 Å². The summed E-state index contributed by atoms with van der Waals surface area (Å²) in [6.45, 7) is 6.57. The summed E-state index contributed by atoms with van der Waals surface area (Å²) in [5.41, 5.74) is 1.10. The first-order valence-electron chi connectivity index (χ1n) is 8.83. The third kappa shape index (κ3) is 5.64. The third-order valence-corrected chi connectivity index (χ3v) is 4.46. The van der Waals surface area contributed by atoms with Crippen molar-refractivity contribution in [1.82, 2.24) is 10.2 Å². The number of likely N-dealkylation sites (tertiary alicyclic amines) is 1. The first-order chi connectivity index (χ1) is 11.6. The van der Waals surface area contributed by atoms with Crippen LogP contribution in [0.15, 0.2) is 30.3 Å². The van der Waals surface area contributed by atoms with E-state index in [2.05, 4.69) is 10.2 Å². The van der Waals surface area contributed by atoms with Gasteiger partial charge in [-0.3, -0.25) is 9.59 Å². The van der Waals surface area contributed by atoms with Crippen molar-refractivity contribution in [1.29, 1.82) is 0 Å². The highest BCUT2D eigenvalue weighted by Gasteiger charge is 2.26. The zero-order chi connectivity index (χ0) is 17.4. The van der Waals surface area contributed by atoms with Crippen molar-refractivity contribution < 1.29 is 14.3 Å². The molecule has 132 valence electrons. The summed E-state index contributed by atoms with van der Waals surface area (Å²) in [7, 11) is 0. The highest BCUT2D eigenvalue weighted by atomic mass is 16.5. The van der Waals surface area contributed by atoms with E-state index < -0.39 is 0 Å². The van der Waals surface area contributed by atoms with Crippen molar-refractivity contribution in [2.45, 2.75) is 39.2 Å². The molecule has 1 N–H and O–H groups in total. The Morgan fingerprint density at radius 1 is 1.33 bits per heavy atom. The molecule has 1 amide bonds. The van der Waals surface area contributed by atoms with Gasteiger partial charge in [-0.2, -0.15) is 0 Å². The fourth-order valence-corrected chi connectivity index (χ4v) is 3.11. The van der Waals surface area contributed by atoms with Gasteiger partial charge in [0.1, 0.15) is 0 Å². The minimum Gasteiger partial charge on any atom is -0.466 e. The third-order valence-electron chi connectivity index (χ3n) is 4.46. The monoisotopic (exact) mass is 332 g/mol. The van der Waals surface area contributed by atoms with Gasteiger partial charge in [0, 0.05) is 19.5 Å². The fraction of sp³-hybridized carbons (Fsp3) is 0.579. The van der Waals surface area contributed by atoms with Crippen LogP contribution in [0, 0.1) is 5.92 Å². The van der Waals surface area contributed by atoms with E-state index in [0.29, 0.717) is 26.1 Å². The SMILES string of the molecule is CCOC(=O)C1CCCN(CCC(=O)NC(C)c2ccccc2)C1. The summed E-state index contributed by atoms with van der Waals surface area (Å²) < 4.78 is 5.11. The van der Waals surface area contributed by atoms with Crippen LogP contribution in [0.5, 0.6) is 0 Å². The molecule has 1 aromatic carbocycles. The average molecular weight is 332 g/mol. The molecule has 0 aliphatic carbocycles. The van der Waals surface area contributed by atoms with Crippen LogP contribution in [0.2, 0.25) is 0 Å². The van der Waals surface area contributed by atoms with E-state index in [1.54, 1.807) is 0 Å². The molecule has 0 bridgehead atoms. The van der Waals surface area contributed by atoms with Gasteiger partial charge >= 0.3 is 5.97 Å². The number of esters is 1. The number of benzene rings is 1. The molecule has 24 heavy (non-hydrogen) atoms. The molecule has 2 unspecified atom stereocenters. The van der Waals surface area contributed by atoms with E-state index in [4.69, 9.17) is 4.74 Å². The number of nitrogens with one attached hydrogen (secondary N) is 1. The highest BCUT2D eigenvalue weighted by molar-refractivity contribution is 5.76. The van der Waals surface area contributed by atoms with E-state index in [1.165, 1.54) is 0 Å². The molecular weight excluding hydrogens is 304 g/mol. The molecule has 5 nitrogen and oxygen atoms in total. The Hall–Kier alpha value is -1.88. The van der Waals surface area contributed by atoms with Crippen LogP contribution in [-0.4, -0.2) is 43.0 Å². The summed E-state index contributed by atoms with van der Waals surface area (Å²) in [4.78, 5) is 26.2. The van der Waals surface area contributed by atoms with Gasteiger partial charge in [0.15, 0.2) is 0 Å². The molecule has 2 atom stereocenters. The molecule has 1 aromatic rings. The number of amides is 1. The van der Waals surface area contributed by atoms with Crippen molar-refractivity contribution in [3.63, 3.8) is 0 Å². The van der Waals surface area contributed by atoms with E-state index in [0.717, 1.165) is 24.9 Å². The minimum absolute atomic E-state index is 0.00679. The summed E-state index contributed by atoms with van der Waals surface area (Å²) in [6, 6.07) is 9.95. The van der Waals surface area contributed by atoms with Crippen LogP contribution in [0.25, 0.3) is 0 Å². The molecule has 1 aliphatic heterocycles. The summed E-state index contributed by atoms with van der Waals surface area (Å²) in [5, 5.41) is 3.03. The Labute approximate surface area is 144 Å². The molecule has 1 aliphatic rings. The second kappa shape index (κ2) is 9.42. The van der Waals surface area contributed by atoms with Gasteiger partial charge < -0.3 is 15.0 Å². The maximum Gasteiger partial charge on any atom is 0.310 e. The highest BCUT2D eigenvalue weighted by Crippen LogP contribution is 2.18. The summed E-state index contributed by atoms with van der Waals surface area (Å²) in [5.74, 6) is -0.112. The smallest absolute Gasteiger partial charge is 0.310 e. The molecule has 1 fully saturated rings. The van der Waals surface area contributed by atoms with Gasteiger partial charge in [0.05, 0.1) is 18.6 Å². The molecular formula is C19H28N2O3. The molecule has 0 radical (unpaired) electrons. The molecule has 0 aromatic heterocycles. The first kappa shape index (κ1) is 18.5. The van der Waals surface area contributed by atoms with Crippen molar-refractivity contribution >= 4 is 11.9 Å². The first-order valence-corrected chi connectivity index (χ1v) is 8.83. The quantitative estimate of drug-likeness (QED) is 0.780. The predicted molar refractivity (Wildman–Crippen MR) is 93.4 cm³/mol. The largest absolute Gasteiger partial charge is 0.466 e. The maximum atomic E-state index is 12.2. The lowest BCUT2D eigenvalue weighted by molar-refractivity contribution is -0.149.